The molecule has 1 aromatic heterocycles. The zero-order chi connectivity index (χ0) is 17.9. The van der Waals surface area contributed by atoms with Gasteiger partial charge in [-0.15, -0.1) is 0 Å². The number of likely N-dealkylation sites (N-methyl/N-ethyl adjacent to an activating group) is 1. The molecular weight excluding hydrogens is 302 g/mol. The van der Waals surface area contributed by atoms with Crippen LogP contribution in [0.5, 0.6) is 0 Å². The Morgan fingerprint density at radius 3 is 2.42 bits per heavy atom. The number of aromatic nitrogens is 1. The molecule has 130 valence electrons. The number of benzene rings is 1. The summed E-state index contributed by atoms with van der Waals surface area (Å²) < 4.78 is 5.26. The van der Waals surface area contributed by atoms with E-state index in [1.807, 2.05) is 53.1 Å². The summed E-state index contributed by atoms with van der Waals surface area (Å²) >= 11 is 0. The Balaban J connectivity index is 2.17. The molecule has 1 N–H and O–H groups in total. The number of amides is 1. The number of carbonyl (C=O) groups excluding carboxylic acids is 1. The van der Waals surface area contributed by atoms with Crippen molar-refractivity contribution in [2.45, 2.75) is 39.2 Å². The van der Waals surface area contributed by atoms with Gasteiger partial charge in [-0.25, -0.2) is 0 Å². The van der Waals surface area contributed by atoms with E-state index in [0.717, 1.165) is 0 Å². The van der Waals surface area contributed by atoms with Gasteiger partial charge in [0, 0.05) is 12.0 Å². The molecule has 0 aliphatic carbocycles. The lowest BCUT2D eigenvalue weighted by atomic mass is 9.88. The number of nitrogens with zero attached hydrogens (tertiary/aromatic N) is 2. The quantitative estimate of drug-likeness (QED) is 0.914. The van der Waals surface area contributed by atoms with Gasteiger partial charge in [0.05, 0.1) is 6.04 Å². The van der Waals surface area contributed by atoms with Crippen molar-refractivity contribution in [3.63, 3.8) is 0 Å². The number of rotatable bonds is 5. The van der Waals surface area contributed by atoms with Crippen LogP contribution >= 0.6 is 0 Å². The maximum atomic E-state index is 12.7. The van der Waals surface area contributed by atoms with Crippen molar-refractivity contribution in [1.82, 2.24) is 15.4 Å². The minimum Gasteiger partial charge on any atom is -0.361 e. The molecule has 5 nitrogen and oxygen atoms in total. The number of carbonyl (C=O) groups is 1. The fourth-order valence-electron chi connectivity index (χ4n) is 2.70. The van der Waals surface area contributed by atoms with Crippen LogP contribution in [0.3, 0.4) is 0 Å². The largest absolute Gasteiger partial charge is 0.361 e. The highest BCUT2D eigenvalue weighted by molar-refractivity contribution is 5.96. The van der Waals surface area contributed by atoms with Crippen molar-refractivity contribution >= 4 is 5.91 Å². The lowest BCUT2D eigenvalue weighted by molar-refractivity contribution is 0.0938. The smallest absolute Gasteiger partial charge is 0.256 e. The molecule has 1 atom stereocenters. The van der Waals surface area contributed by atoms with E-state index in [1.165, 1.54) is 5.56 Å². The molecule has 5 heteroatoms. The van der Waals surface area contributed by atoms with E-state index in [1.54, 1.807) is 6.92 Å². The minimum absolute atomic E-state index is 0.105. The highest BCUT2D eigenvalue weighted by Gasteiger charge is 2.29. The average Bonchev–Trinajstić information content (AvgIpc) is 2.90. The third-order valence-electron chi connectivity index (χ3n) is 4.06. The highest BCUT2D eigenvalue weighted by Crippen LogP contribution is 2.27. The standard InChI is InChI=1S/C19H27N3O2/c1-13-16(17(21-24-13)19(2,3)4)18(23)20-12-15(22(5)6)14-10-8-7-9-11-14/h7-11,15H,12H2,1-6H3,(H,20,23). The second kappa shape index (κ2) is 7.18. The molecule has 24 heavy (non-hydrogen) atoms. The van der Waals surface area contributed by atoms with Crippen molar-refractivity contribution in [3.05, 3.63) is 52.9 Å². The molecule has 0 radical (unpaired) electrons. The van der Waals surface area contributed by atoms with E-state index in [9.17, 15) is 4.79 Å². The molecule has 1 amide bonds. The lowest BCUT2D eigenvalue weighted by Crippen LogP contribution is -2.35. The second-order valence-electron chi connectivity index (χ2n) is 7.31. The van der Waals surface area contributed by atoms with E-state index in [2.05, 4.69) is 27.5 Å². The molecule has 0 bridgehead atoms. The fourth-order valence-corrected chi connectivity index (χ4v) is 2.70. The SMILES string of the molecule is Cc1onc(C(C)(C)C)c1C(=O)NCC(c1ccccc1)N(C)C. The van der Waals surface area contributed by atoms with Crippen LogP contribution in [0, 0.1) is 6.92 Å². The van der Waals surface area contributed by atoms with E-state index < -0.39 is 0 Å². The normalized spacial score (nSPS) is 13.1. The third-order valence-corrected chi connectivity index (χ3v) is 4.06. The van der Waals surface area contributed by atoms with E-state index in [4.69, 9.17) is 4.52 Å². The minimum atomic E-state index is -0.245. The van der Waals surface area contributed by atoms with E-state index in [0.29, 0.717) is 23.6 Å². The lowest BCUT2D eigenvalue weighted by Gasteiger charge is -2.25. The Bertz CT molecular complexity index is 684. The summed E-state index contributed by atoms with van der Waals surface area (Å²) in [6, 6.07) is 10.3. The van der Waals surface area contributed by atoms with Crippen LogP contribution in [0.15, 0.2) is 34.9 Å². The Morgan fingerprint density at radius 2 is 1.88 bits per heavy atom. The maximum absolute atomic E-state index is 12.7. The second-order valence-corrected chi connectivity index (χ2v) is 7.31. The van der Waals surface area contributed by atoms with Crippen LogP contribution < -0.4 is 5.32 Å². The highest BCUT2D eigenvalue weighted by atomic mass is 16.5. The summed E-state index contributed by atoms with van der Waals surface area (Å²) in [5.74, 6) is 0.417. The fraction of sp³-hybridized carbons (Fsp3) is 0.474. The van der Waals surface area contributed by atoms with Gasteiger partial charge in [-0.3, -0.25) is 4.79 Å². The molecule has 1 heterocycles. The van der Waals surface area contributed by atoms with Gasteiger partial charge >= 0.3 is 0 Å². The Hall–Kier alpha value is -2.14. The van der Waals surface area contributed by atoms with Crippen molar-refractivity contribution < 1.29 is 9.32 Å². The number of hydrogen-bond donors (Lipinski definition) is 1. The Labute approximate surface area is 144 Å². The van der Waals surface area contributed by atoms with Gasteiger partial charge in [-0.1, -0.05) is 56.3 Å². The zero-order valence-electron chi connectivity index (χ0n) is 15.4. The number of aryl methyl sites for hydroxylation is 1. The maximum Gasteiger partial charge on any atom is 0.256 e. The molecule has 0 fully saturated rings. The topological polar surface area (TPSA) is 58.4 Å². The summed E-state index contributed by atoms with van der Waals surface area (Å²) in [7, 11) is 4.02. The Kier molecular flexibility index (Phi) is 5.44. The van der Waals surface area contributed by atoms with Gasteiger partial charge in [-0.2, -0.15) is 0 Å². The van der Waals surface area contributed by atoms with Crippen LogP contribution in [0.4, 0.5) is 0 Å². The first-order valence-corrected chi connectivity index (χ1v) is 8.18. The van der Waals surface area contributed by atoms with Gasteiger partial charge in [0.15, 0.2) is 0 Å². The summed E-state index contributed by atoms with van der Waals surface area (Å²) in [5.41, 5.74) is 2.16. The molecule has 0 saturated carbocycles. The molecule has 1 unspecified atom stereocenters. The number of hydrogen-bond acceptors (Lipinski definition) is 4. The van der Waals surface area contributed by atoms with Crippen molar-refractivity contribution in [3.8, 4) is 0 Å². The van der Waals surface area contributed by atoms with Crippen LogP contribution in [0.2, 0.25) is 0 Å². The van der Waals surface area contributed by atoms with Crippen molar-refractivity contribution in [2.24, 2.45) is 0 Å². The van der Waals surface area contributed by atoms with Crippen LogP contribution in [0.1, 0.15) is 54.2 Å². The first-order valence-electron chi connectivity index (χ1n) is 8.18. The molecule has 0 aliphatic heterocycles. The summed E-state index contributed by atoms with van der Waals surface area (Å²) in [6.07, 6.45) is 0. The molecule has 0 spiro atoms. The van der Waals surface area contributed by atoms with Crippen molar-refractivity contribution in [2.75, 3.05) is 20.6 Å². The molecule has 0 aliphatic rings. The first kappa shape index (κ1) is 18.2. The van der Waals surface area contributed by atoms with Gasteiger partial charge in [0.1, 0.15) is 17.0 Å². The van der Waals surface area contributed by atoms with Crippen LogP contribution in [0.25, 0.3) is 0 Å². The van der Waals surface area contributed by atoms with Crippen LogP contribution in [-0.4, -0.2) is 36.6 Å². The Morgan fingerprint density at radius 1 is 1.25 bits per heavy atom. The summed E-state index contributed by atoms with van der Waals surface area (Å²) in [6.45, 7) is 8.36. The predicted molar refractivity (Wildman–Crippen MR) is 95.1 cm³/mol. The predicted octanol–water partition coefficient (Wildman–Crippen LogP) is 3.31. The monoisotopic (exact) mass is 329 g/mol. The zero-order valence-corrected chi connectivity index (χ0v) is 15.4. The summed E-state index contributed by atoms with van der Waals surface area (Å²) in [4.78, 5) is 14.8. The van der Waals surface area contributed by atoms with Gasteiger partial charge in [0.25, 0.3) is 5.91 Å². The third kappa shape index (κ3) is 4.03. The van der Waals surface area contributed by atoms with Crippen molar-refractivity contribution in [1.29, 1.82) is 0 Å². The molecule has 0 saturated heterocycles. The number of nitrogens with one attached hydrogen (secondary N) is 1. The first-order chi connectivity index (χ1) is 11.2. The molecule has 1 aromatic carbocycles. The van der Waals surface area contributed by atoms with E-state index >= 15 is 0 Å². The van der Waals surface area contributed by atoms with Gasteiger partial charge in [-0.05, 0) is 26.6 Å². The molecular formula is C19H27N3O2. The molecule has 2 aromatic rings. The van der Waals surface area contributed by atoms with Crippen LogP contribution in [-0.2, 0) is 5.41 Å². The molecule has 2 rings (SSSR count). The van der Waals surface area contributed by atoms with Gasteiger partial charge in [0.2, 0.25) is 0 Å². The van der Waals surface area contributed by atoms with E-state index in [-0.39, 0.29) is 17.4 Å². The average molecular weight is 329 g/mol. The summed E-state index contributed by atoms with van der Waals surface area (Å²) in [5, 5.41) is 7.12. The van der Waals surface area contributed by atoms with Gasteiger partial charge < -0.3 is 14.7 Å².